The van der Waals surface area contributed by atoms with Gasteiger partial charge in [-0.15, -0.1) is 11.3 Å². The molecule has 3 nitrogen and oxygen atoms in total. The largest absolute Gasteiger partial charge is 0.418 e. The molecule has 1 aromatic carbocycles. The zero-order chi connectivity index (χ0) is 18.4. The molecular weight excluding hydrogens is 435 g/mol. The van der Waals surface area contributed by atoms with Gasteiger partial charge in [-0.1, -0.05) is 27.7 Å². The summed E-state index contributed by atoms with van der Waals surface area (Å²) < 4.78 is 40.3. The molecular formula is C16H15BrF3N3S2. The Morgan fingerprint density at radius 3 is 2.60 bits per heavy atom. The van der Waals surface area contributed by atoms with Crippen LogP contribution in [0.1, 0.15) is 28.1 Å². The number of nitrogens with zero attached hydrogens (tertiary/aromatic N) is 1. The second-order valence-corrected chi connectivity index (χ2v) is 9.17. The number of anilines is 1. The highest BCUT2D eigenvalue weighted by atomic mass is 79.9. The predicted octanol–water partition coefficient (Wildman–Crippen LogP) is 5.96. The molecule has 0 spiro atoms. The van der Waals surface area contributed by atoms with E-state index in [0.717, 1.165) is 27.3 Å². The van der Waals surface area contributed by atoms with Crippen LogP contribution in [0.25, 0.3) is 5.70 Å². The van der Waals surface area contributed by atoms with Gasteiger partial charge in [0.05, 0.1) is 26.8 Å². The zero-order valence-corrected chi connectivity index (χ0v) is 16.8. The SMILES string of the molecule is Cc1nc(C)c(C2=CSC(C)(Nc3ccc(Br)cc3C(F)(F)F)N2)s1. The van der Waals surface area contributed by atoms with Crippen molar-refractivity contribution in [3.63, 3.8) is 0 Å². The standard InChI is InChI=1S/C16H15BrF3N3S2/c1-8-14(25-9(2)21-8)13-7-24-15(3,23-13)22-12-5-4-10(17)6-11(12)16(18,19)20/h4-7,22-23H,1-3H3. The van der Waals surface area contributed by atoms with Crippen LogP contribution in [-0.2, 0) is 6.18 Å². The molecule has 0 fully saturated rings. The summed E-state index contributed by atoms with van der Waals surface area (Å²) in [5.74, 6) is 0. The number of nitrogens with one attached hydrogen (secondary N) is 2. The number of thiazole rings is 1. The minimum Gasteiger partial charge on any atom is -0.354 e. The smallest absolute Gasteiger partial charge is 0.354 e. The Morgan fingerprint density at radius 2 is 2.00 bits per heavy atom. The van der Waals surface area contributed by atoms with Gasteiger partial charge in [0.25, 0.3) is 0 Å². The molecule has 0 radical (unpaired) electrons. The monoisotopic (exact) mass is 449 g/mol. The molecule has 0 bridgehead atoms. The first-order valence-corrected chi connectivity index (χ1v) is 9.82. The molecule has 3 rings (SSSR count). The highest BCUT2D eigenvalue weighted by molar-refractivity contribution is 9.10. The Labute approximate surface area is 160 Å². The maximum Gasteiger partial charge on any atom is 0.418 e. The van der Waals surface area contributed by atoms with Crippen LogP contribution in [0.2, 0.25) is 0 Å². The minimum absolute atomic E-state index is 0.0325. The van der Waals surface area contributed by atoms with Gasteiger partial charge in [0, 0.05) is 10.2 Å². The third kappa shape index (κ3) is 3.98. The fourth-order valence-electron chi connectivity index (χ4n) is 2.56. The van der Waals surface area contributed by atoms with E-state index in [4.69, 9.17) is 0 Å². The van der Waals surface area contributed by atoms with Crippen molar-refractivity contribution in [2.75, 3.05) is 5.32 Å². The molecule has 0 saturated carbocycles. The third-order valence-corrected chi connectivity index (χ3v) is 6.22. The summed E-state index contributed by atoms with van der Waals surface area (Å²) in [5.41, 5.74) is 1.10. The van der Waals surface area contributed by atoms with Crippen LogP contribution >= 0.6 is 39.0 Å². The van der Waals surface area contributed by atoms with Gasteiger partial charge in [0.15, 0.2) is 4.99 Å². The van der Waals surface area contributed by atoms with Crippen molar-refractivity contribution in [1.82, 2.24) is 10.3 Å². The van der Waals surface area contributed by atoms with E-state index in [1.807, 2.05) is 26.2 Å². The maximum atomic E-state index is 13.3. The van der Waals surface area contributed by atoms with Crippen LogP contribution in [0, 0.1) is 13.8 Å². The molecule has 2 heterocycles. The summed E-state index contributed by atoms with van der Waals surface area (Å²) >= 11 is 6.06. The number of aromatic nitrogens is 1. The predicted molar refractivity (Wildman–Crippen MR) is 101 cm³/mol. The molecule has 2 aromatic rings. The van der Waals surface area contributed by atoms with Crippen LogP contribution in [0.3, 0.4) is 0 Å². The van der Waals surface area contributed by atoms with Crippen LogP contribution in [0.5, 0.6) is 0 Å². The first-order chi connectivity index (χ1) is 11.6. The van der Waals surface area contributed by atoms with E-state index in [2.05, 4.69) is 31.5 Å². The third-order valence-electron chi connectivity index (χ3n) is 3.59. The molecule has 0 saturated heterocycles. The second-order valence-electron chi connectivity index (χ2n) is 5.77. The average molecular weight is 450 g/mol. The Balaban J connectivity index is 1.84. The Kier molecular flexibility index (Phi) is 4.85. The summed E-state index contributed by atoms with van der Waals surface area (Å²) in [5, 5.41) is 9.14. The number of hydrogen-bond donors (Lipinski definition) is 2. The molecule has 1 unspecified atom stereocenters. The van der Waals surface area contributed by atoms with E-state index in [-0.39, 0.29) is 5.69 Å². The Morgan fingerprint density at radius 1 is 1.28 bits per heavy atom. The maximum absolute atomic E-state index is 13.3. The van der Waals surface area contributed by atoms with Gasteiger partial charge in [-0.25, -0.2) is 4.98 Å². The van der Waals surface area contributed by atoms with Crippen molar-refractivity contribution in [2.24, 2.45) is 0 Å². The number of benzene rings is 1. The van der Waals surface area contributed by atoms with E-state index in [9.17, 15) is 13.2 Å². The number of thioether (sulfide) groups is 1. The van der Waals surface area contributed by atoms with Crippen molar-refractivity contribution in [3.8, 4) is 0 Å². The normalized spacial score (nSPS) is 20.4. The molecule has 1 aromatic heterocycles. The Bertz CT molecular complexity index is 848. The van der Waals surface area contributed by atoms with E-state index in [1.54, 1.807) is 17.4 Å². The van der Waals surface area contributed by atoms with Crippen molar-refractivity contribution >= 4 is 50.4 Å². The quantitative estimate of drug-likeness (QED) is 0.605. The number of halogens is 4. The van der Waals surface area contributed by atoms with Gasteiger partial charge in [0.2, 0.25) is 0 Å². The summed E-state index contributed by atoms with van der Waals surface area (Å²) in [4.78, 5) is 4.62. The zero-order valence-electron chi connectivity index (χ0n) is 13.6. The lowest BCUT2D eigenvalue weighted by molar-refractivity contribution is -0.137. The van der Waals surface area contributed by atoms with Crippen molar-refractivity contribution in [3.05, 3.63) is 49.2 Å². The molecule has 1 aliphatic rings. The van der Waals surface area contributed by atoms with E-state index in [0.29, 0.717) is 4.47 Å². The van der Waals surface area contributed by atoms with Gasteiger partial charge in [-0.3, -0.25) is 0 Å². The van der Waals surface area contributed by atoms with E-state index in [1.165, 1.54) is 17.8 Å². The van der Waals surface area contributed by atoms with E-state index >= 15 is 0 Å². The number of alkyl halides is 3. The van der Waals surface area contributed by atoms with Gasteiger partial charge in [-0.2, -0.15) is 13.2 Å². The summed E-state index contributed by atoms with van der Waals surface area (Å²) in [6.45, 7) is 5.66. The van der Waals surface area contributed by atoms with Gasteiger partial charge in [0.1, 0.15) is 0 Å². The number of aryl methyl sites for hydroxylation is 2. The topological polar surface area (TPSA) is 37.0 Å². The van der Waals surface area contributed by atoms with Crippen molar-refractivity contribution in [1.29, 1.82) is 0 Å². The van der Waals surface area contributed by atoms with E-state index < -0.39 is 16.7 Å². The Hall–Kier alpha value is -1.19. The highest BCUT2D eigenvalue weighted by Gasteiger charge is 2.37. The first-order valence-electron chi connectivity index (χ1n) is 7.33. The fraction of sp³-hybridized carbons (Fsp3) is 0.312. The molecule has 25 heavy (non-hydrogen) atoms. The number of rotatable bonds is 3. The summed E-state index contributed by atoms with van der Waals surface area (Å²) in [6, 6.07) is 4.10. The average Bonchev–Trinajstić information content (AvgIpc) is 3.02. The van der Waals surface area contributed by atoms with Crippen molar-refractivity contribution < 1.29 is 13.2 Å². The lowest BCUT2D eigenvalue weighted by Crippen LogP contribution is -2.42. The lowest BCUT2D eigenvalue weighted by atomic mass is 10.1. The molecule has 0 aliphatic carbocycles. The second kappa shape index (κ2) is 6.51. The van der Waals surface area contributed by atoms with Crippen molar-refractivity contribution in [2.45, 2.75) is 31.9 Å². The number of hydrogen-bond acceptors (Lipinski definition) is 5. The van der Waals surface area contributed by atoms with Crippen LogP contribution in [0.4, 0.5) is 18.9 Å². The molecule has 134 valence electrons. The molecule has 2 N–H and O–H groups in total. The van der Waals surface area contributed by atoms with Crippen LogP contribution < -0.4 is 10.6 Å². The van der Waals surface area contributed by atoms with Crippen LogP contribution in [-0.4, -0.2) is 9.98 Å². The van der Waals surface area contributed by atoms with Gasteiger partial charge in [-0.05, 0) is 44.4 Å². The summed E-state index contributed by atoms with van der Waals surface area (Å²) in [6.07, 6.45) is -4.44. The summed E-state index contributed by atoms with van der Waals surface area (Å²) in [7, 11) is 0. The first kappa shape index (κ1) is 18.6. The molecule has 1 aliphatic heterocycles. The fourth-order valence-corrected chi connectivity index (χ4v) is 4.76. The lowest BCUT2D eigenvalue weighted by Gasteiger charge is -2.29. The molecule has 9 heteroatoms. The minimum atomic E-state index is -4.44. The molecule has 1 atom stereocenters. The van der Waals surface area contributed by atoms with Gasteiger partial charge < -0.3 is 10.6 Å². The van der Waals surface area contributed by atoms with Gasteiger partial charge >= 0.3 is 6.18 Å². The highest BCUT2D eigenvalue weighted by Crippen LogP contribution is 2.42. The van der Waals surface area contributed by atoms with Crippen LogP contribution in [0.15, 0.2) is 28.1 Å². The molecule has 0 amide bonds.